The van der Waals surface area contributed by atoms with Gasteiger partial charge in [0.05, 0.1) is 28.8 Å². The highest BCUT2D eigenvalue weighted by Gasteiger charge is 2.37. The summed E-state index contributed by atoms with van der Waals surface area (Å²) >= 11 is 1.63. The molecule has 0 bridgehead atoms. The van der Waals surface area contributed by atoms with Crippen molar-refractivity contribution in [1.29, 1.82) is 0 Å². The lowest BCUT2D eigenvalue weighted by Crippen LogP contribution is -2.36. The van der Waals surface area contributed by atoms with Crippen LogP contribution in [0.1, 0.15) is 35.5 Å². The van der Waals surface area contributed by atoms with Gasteiger partial charge in [-0.25, -0.2) is 4.39 Å². The third-order valence-electron chi connectivity index (χ3n) is 6.02. The number of aromatic nitrogens is 1. The third-order valence-corrected chi connectivity index (χ3v) is 7.36. The highest BCUT2D eigenvalue weighted by molar-refractivity contribution is 7.19. The Morgan fingerprint density at radius 1 is 1.06 bits per heavy atom. The van der Waals surface area contributed by atoms with Crippen LogP contribution in [0.25, 0.3) is 22.4 Å². The number of hydrogen-bond donors (Lipinski definition) is 0. The van der Waals surface area contributed by atoms with E-state index in [1.54, 1.807) is 29.7 Å². The number of benzene rings is 1. The molecule has 1 aliphatic carbocycles. The van der Waals surface area contributed by atoms with E-state index in [1.807, 2.05) is 6.07 Å². The van der Waals surface area contributed by atoms with Crippen LogP contribution < -0.4 is 4.90 Å². The van der Waals surface area contributed by atoms with E-state index in [-0.39, 0.29) is 17.0 Å². The molecule has 3 aromatic rings. The van der Waals surface area contributed by atoms with E-state index in [2.05, 4.69) is 29.8 Å². The lowest BCUT2D eigenvalue weighted by molar-refractivity contribution is 0.0918. The Hall–Kier alpha value is -2.57. The second-order valence-electron chi connectivity index (χ2n) is 9.07. The number of fused-ring (bicyclic) bond motifs is 1. The Bertz CT molecular complexity index is 1130. The number of anilines is 1. The molecule has 0 atom stereocenters. The summed E-state index contributed by atoms with van der Waals surface area (Å²) in [6, 6.07) is 10.5. The number of ether oxygens (including phenoxy) is 1. The molecular weight excluding hydrogens is 411 g/mol. The molecule has 0 N–H and O–H groups in total. The summed E-state index contributed by atoms with van der Waals surface area (Å²) in [5.74, 6) is -0.0213. The van der Waals surface area contributed by atoms with Crippen molar-refractivity contribution >= 4 is 22.1 Å². The Kier molecular flexibility index (Phi) is 5.15. The van der Waals surface area contributed by atoms with E-state index < -0.39 is 0 Å². The fraction of sp³-hybridized carbons (Fsp3) is 0.360. The second-order valence-corrected chi connectivity index (χ2v) is 10.1. The molecule has 1 aromatic carbocycles. The molecule has 1 aliphatic heterocycles. The van der Waals surface area contributed by atoms with E-state index in [9.17, 15) is 9.18 Å². The zero-order valence-electron chi connectivity index (χ0n) is 17.8. The summed E-state index contributed by atoms with van der Waals surface area (Å²) in [7, 11) is 0. The Morgan fingerprint density at radius 2 is 1.81 bits per heavy atom. The fourth-order valence-electron chi connectivity index (χ4n) is 4.55. The number of hydrogen-bond acceptors (Lipinski definition) is 5. The topological polar surface area (TPSA) is 42.4 Å². The summed E-state index contributed by atoms with van der Waals surface area (Å²) in [5, 5.41) is 1.15. The Morgan fingerprint density at radius 3 is 2.55 bits per heavy atom. The van der Waals surface area contributed by atoms with Crippen LogP contribution in [0.3, 0.4) is 0 Å². The predicted molar refractivity (Wildman–Crippen MR) is 122 cm³/mol. The highest BCUT2D eigenvalue weighted by Crippen LogP contribution is 2.49. The van der Waals surface area contributed by atoms with Gasteiger partial charge in [-0.05, 0) is 59.4 Å². The minimum absolute atomic E-state index is 0.0605. The molecule has 31 heavy (non-hydrogen) atoms. The van der Waals surface area contributed by atoms with Gasteiger partial charge in [0.15, 0.2) is 5.78 Å². The van der Waals surface area contributed by atoms with Gasteiger partial charge in [0.2, 0.25) is 0 Å². The number of pyridine rings is 1. The van der Waals surface area contributed by atoms with Crippen molar-refractivity contribution in [3.63, 3.8) is 0 Å². The summed E-state index contributed by atoms with van der Waals surface area (Å²) < 4.78 is 19.0. The maximum absolute atomic E-state index is 13.4. The molecule has 160 valence electrons. The summed E-state index contributed by atoms with van der Waals surface area (Å²) in [6.45, 7) is 7.36. The van der Waals surface area contributed by atoms with Crippen LogP contribution in [0.15, 0.2) is 42.6 Å². The molecule has 3 heterocycles. The molecule has 2 aromatic heterocycles. The van der Waals surface area contributed by atoms with Crippen LogP contribution in [0.4, 0.5) is 9.39 Å². The van der Waals surface area contributed by atoms with E-state index in [0.717, 1.165) is 57.3 Å². The van der Waals surface area contributed by atoms with Crippen LogP contribution in [0.5, 0.6) is 0 Å². The average Bonchev–Trinajstić information content (AvgIpc) is 3.13. The van der Waals surface area contributed by atoms with Gasteiger partial charge in [-0.15, -0.1) is 11.3 Å². The van der Waals surface area contributed by atoms with Gasteiger partial charge in [-0.2, -0.15) is 0 Å². The number of Topliss-reactive ketones (excluding diaryl/α,β-unsaturated/α-hetero) is 1. The van der Waals surface area contributed by atoms with Crippen LogP contribution in [0.2, 0.25) is 0 Å². The lowest BCUT2D eigenvalue weighted by atomic mass is 9.75. The molecule has 0 unspecified atom stereocenters. The number of rotatable bonds is 3. The van der Waals surface area contributed by atoms with Gasteiger partial charge < -0.3 is 9.64 Å². The normalized spacial score (nSPS) is 18.2. The lowest BCUT2D eigenvalue weighted by Gasteiger charge is -2.30. The summed E-state index contributed by atoms with van der Waals surface area (Å²) in [5.41, 5.74) is 4.97. The average molecular weight is 437 g/mol. The van der Waals surface area contributed by atoms with Crippen molar-refractivity contribution < 1.29 is 13.9 Å². The minimum atomic E-state index is -0.262. The first-order chi connectivity index (χ1) is 14.9. The van der Waals surface area contributed by atoms with E-state index in [0.29, 0.717) is 19.6 Å². The first kappa shape index (κ1) is 20.3. The van der Waals surface area contributed by atoms with Gasteiger partial charge in [0, 0.05) is 36.8 Å². The quantitative estimate of drug-likeness (QED) is 0.535. The van der Waals surface area contributed by atoms with Gasteiger partial charge in [-0.3, -0.25) is 9.78 Å². The predicted octanol–water partition coefficient (Wildman–Crippen LogP) is 5.61. The molecule has 4 nitrogen and oxygen atoms in total. The highest BCUT2D eigenvalue weighted by atomic mass is 32.1. The Labute approximate surface area is 185 Å². The number of ketones is 1. The maximum atomic E-state index is 13.4. The van der Waals surface area contributed by atoms with Crippen LogP contribution in [0, 0.1) is 11.2 Å². The van der Waals surface area contributed by atoms with Crippen molar-refractivity contribution in [2.45, 2.75) is 26.7 Å². The zero-order chi connectivity index (χ0) is 21.6. The number of halogens is 1. The molecule has 6 heteroatoms. The largest absolute Gasteiger partial charge is 0.378 e. The molecule has 0 spiro atoms. The minimum Gasteiger partial charge on any atom is -0.378 e. The van der Waals surface area contributed by atoms with Crippen molar-refractivity contribution in [1.82, 2.24) is 4.98 Å². The van der Waals surface area contributed by atoms with Gasteiger partial charge in [0.25, 0.3) is 0 Å². The van der Waals surface area contributed by atoms with Gasteiger partial charge in [-0.1, -0.05) is 13.8 Å². The number of carbonyl (C=O) groups is 1. The number of morpholine rings is 1. The van der Waals surface area contributed by atoms with Crippen molar-refractivity contribution in [3.8, 4) is 22.4 Å². The molecule has 2 aliphatic rings. The van der Waals surface area contributed by atoms with Crippen molar-refractivity contribution in [3.05, 3.63) is 58.9 Å². The molecule has 1 fully saturated rings. The van der Waals surface area contributed by atoms with Crippen LogP contribution in [-0.4, -0.2) is 37.1 Å². The number of thiophene rings is 1. The van der Waals surface area contributed by atoms with E-state index in [4.69, 9.17) is 4.74 Å². The van der Waals surface area contributed by atoms with Crippen LogP contribution in [-0.2, 0) is 11.2 Å². The first-order valence-electron chi connectivity index (χ1n) is 10.7. The molecule has 5 rings (SSSR count). The van der Waals surface area contributed by atoms with E-state index >= 15 is 0 Å². The molecular formula is C25H25FN2O2S. The van der Waals surface area contributed by atoms with Crippen LogP contribution >= 0.6 is 11.3 Å². The smallest absolute Gasteiger partial charge is 0.173 e. The first-order valence-corrected chi connectivity index (χ1v) is 11.5. The number of nitrogens with zero attached hydrogens (tertiary/aromatic N) is 2. The molecule has 1 saturated heterocycles. The van der Waals surface area contributed by atoms with Crippen molar-refractivity contribution in [2.24, 2.45) is 5.41 Å². The zero-order valence-corrected chi connectivity index (χ0v) is 18.6. The molecule has 0 radical (unpaired) electrons. The maximum Gasteiger partial charge on any atom is 0.173 e. The Balaban J connectivity index is 1.66. The second kappa shape index (κ2) is 7.84. The number of carbonyl (C=O) groups excluding carboxylic acids is 1. The third kappa shape index (κ3) is 3.90. The van der Waals surface area contributed by atoms with Gasteiger partial charge in [0.1, 0.15) is 5.82 Å². The monoisotopic (exact) mass is 436 g/mol. The molecule has 0 saturated carbocycles. The SMILES string of the molecule is CC1(C)CC(=O)c2sc(N3CCOCC3)c(-c3ccnc(-c4ccc(F)cc4)c3)c2C1. The summed E-state index contributed by atoms with van der Waals surface area (Å²) in [6.07, 6.45) is 3.26. The van der Waals surface area contributed by atoms with Gasteiger partial charge >= 0.3 is 0 Å². The van der Waals surface area contributed by atoms with Crippen molar-refractivity contribution in [2.75, 3.05) is 31.2 Å². The fourth-order valence-corrected chi connectivity index (χ4v) is 5.88. The van der Waals surface area contributed by atoms with E-state index in [1.165, 1.54) is 12.1 Å². The standard InChI is InChI=1S/C25H25FN2O2S/c1-25(2)14-19-22(17-7-8-27-20(13-17)16-3-5-18(26)6-4-16)24(28-9-11-30-12-10-28)31-23(19)21(29)15-25/h3-8,13H,9-12,14-15H2,1-2H3. The summed E-state index contributed by atoms with van der Waals surface area (Å²) in [4.78, 5) is 20.8. The molecule has 0 amide bonds.